The smallest absolute Gasteiger partial charge is 0.370 e. The number of halogens is 3. The van der Waals surface area contributed by atoms with E-state index in [0.29, 0.717) is 13.0 Å². The van der Waals surface area contributed by atoms with E-state index in [9.17, 15) is 18.0 Å². The second-order valence-electron chi connectivity index (χ2n) is 2.91. The molecule has 0 radical (unpaired) electrons. The van der Waals surface area contributed by atoms with E-state index in [2.05, 4.69) is 10.1 Å². The molecule has 0 rings (SSSR count). The van der Waals surface area contributed by atoms with Gasteiger partial charge in [-0.3, -0.25) is 4.79 Å². The highest BCUT2D eigenvalue weighted by Gasteiger charge is 2.27. The Morgan fingerprint density at radius 3 is 2.60 bits per heavy atom. The first kappa shape index (κ1) is 14.2. The molecule has 1 amide bonds. The highest BCUT2D eigenvalue weighted by atomic mass is 19.4. The first-order valence-corrected chi connectivity index (χ1v) is 4.57. The van der Waals surface area contributed by atoms with Gasteiger partial charge in [-0.2, -0.15) is 13.2 Å². The summed E-state index contributed by atoms with van der Waals surface area (Å²) in [4.78, 5) is 10.9. The third kappa shape index (κ3) is 11.1. The summed E-state index contributed by atoms with van der Waals surface area (Å²) < 4.78 is 39.0. The van der Waals surface area contributed by atoms with Gasteiger partial charge in [0.05, 0.1) is 6.61 Å². The Balaban J connectivity index is 3.27. The number of nitrogens with one attached hydrogen (secondary N) is 1. The van der Waals surface area contributed by atoms with Crippen molar-refractivity contribution in [2.45, 2.75) is 19.0 Å². The summed E-state index contributed by atoms with van der Waals surface area (Å²) in [5.74, 6) is -0.226. The van der Waals surface area contributed by atoms with Gasteiger partial charge in [0.25, 0.3) is 0 Å². The van der Waals surface area contributed by atoms with Gasteiger partial charge in [-0.05, 0) is 13.0 Å². The van der Waals surface area contributed by atoms with Crippen LogP contribution in [0, 0.1) is 0 Å². The predicted molar refractivity (Wildman–Crippen MR) is 48.2 cm³/mol. The molecule has 0 aliphatic carbocycles. The number of carbonyl (C=O) groups is 1. The van der Waals surface area contributed by atoms with Gasteiger partial charge in [0.2, 0.25) is 5.91 Å². The molecule has 0 atom stereocenters. The lowest BCUT2D eigenvalue weighted by molar-refractivity contribution is -0.173. The van der Waals surface area contributed by atoms with E-state index in [1.807, 2.05) is 0 Å². The van der Waals surface area contributed by atoms with Crippen LogP contribution in [0.4, 0.5) is 13.2 Å². The molecule has 0 heterocycles. The van der Waals surface area contributed by atoms with Gasteiger partial charge in [0.1, 0.15) is 6.61 Å². The van der Waals surface area contributed by atoms with Crippen LogP contribution in [-0.2, 0) is 9.53 Å². The summed E-state index contributed by atoms with van der Waals surface area (Å²) in [5, 5.41) is 2.42. The topological polar surface area (TPSA) is 64.4 Å². The van der Waals surface area contributed by atoms with E-state index < -0.39 is 12.8 Å². The van der Waals surface area contributed by atoms with E-state index in [1.165, 1.54) is 0 Å². The number of ether oxygens (including phenoxy) is 1. The van der Waals surface area contributed by atoms with Crippen molar-refractivity contribution in [3.8, 4) is 0 Å². The molecule has 0 aromatic carbocycles. The maximum atomic E-state index is 11.6. The summed E-state index contributed by atoms with van der Waals surface area (Å²) in [6, 6.07) is 0. The van der Waals surface area contributed by atoms with Gasteiger partial charge in [0.15, 0.2) is 0 Å². The number of hydrogen-bond donors (Lipinski definition) is 2. The first-order valence-electron chi connectivity index (χ1n) is 4.57. The zero-order valence-electron chi connectivity index (χ0n) is 8.27. The average molecular weight is 228 g/mol. The quantitative estimate of drug-likeness (QED) is 0.621. The molecule has 7 heteroatoms. The maximum absolute atomic E-state index is 11.6. The molecule has 15 heavy (non-hydrogen) atoms. The molecule has 0 bridgehead atoms. The monoisotopic (exact) mass is 228 g/mol. The van der Waals surface area contributed by atoms with Crippen molar-refractivity contribution >= 4 is 5.91 Å². The van der Waals surface area contributed by atoms with Crippen LogP contribution in [0.2, 0.25) is 0 Å². The lowest BCUT2D eigenvalue weighted by Gasteiger charge is -2.08. The van der Waals surface area contributed by atoms with E-state index in [1.54, 1.807) is 0 Å². The van der Waals surface area contributed by atoms with E-state index >= 15 is 0 Å². The molecule has 4 nitrogen and oxygen atoms in total. The zero-order chi connectivity index (χ0) is 11.7. The Bertz CT molecular complexity index is 185. The normalized spacial score (nSPS) is 11.5. The van der Waals surface area contributed by atoms with Crippen molar-refractivity contribution in [1.29, 1.82) is 0 Å². The van der Waals surface area contributed by atoms with Crippen LogP contribution < -0.4 is 11.1 Å². The van der Waals surface area contributed by atoms with Gasteiger partial charge >= 0.3 is 6.18 Å². The van der Waals surface area contributed by atoms with Gasteiger partial charge in [-0.15, -0.1) is 0 Å². The van der Waals surface area contributed by atoms with Crippen LogP contribution in [0.3, 0.4) is 0 Å². The number of nitrogens with two attached hydrogens (primary N) is 1. The van der Waals surface area contributed by atoms with Crippen LogP contribution in [0.15, 0.2) is 0 Å². The van der Waals surface area contributed by atoms with Gasteiger partial charge < -0.3 is 15.8 Å². The van der Waals surface area contributed by atoms with Crippen molar-refractivity contribution in [3.05, 3.63) is 0 Å². The lowest BCUT2D eigenvalue weighted by atomic mass is 10.3. The van der Waals surface area contributed by atoms with Crippen molar-refractivity contribution in [1.82, 2.24) is 5.32 Å². The van der Waals surface area contributed by atoms with Crippen LogP contribution in [0.25, 0.3) is 0 Å². The molecule has 90 valence electrons. The van der Waals surface area contributed by atoms with Crippen LogP contribution in [-0.4, -0.2) is 38.4 Å². The molecular weight excluding hydrogens is 213 g/mol. The minimum Gasteiger partial charge on any atom is -0.370 e. The second kappa shape index (κ2) is 7.47. The minimum atomic E-state index is -4.32. The molecule has 3 N–H and O–H groups in total. The number of carbonyl (C=O) groups excluding carboxylic acids is 1. The van der Waals surface area contributed by atoms with Gasteiger partial charge in [-0.1, -0.05) is 0 Å². The first-order chi connectivity index (χ1) is 6.95. The van der Waals surface area contributed by atoms with Gasteiger partial charge in [-0.25, -0.2) is 0 Å². The summed E-state index contributed by atoms with van der Waals surface area (Å²) in [7, 11) is 0. The van der Waals surface area contributed by atoms with E-state index in [-0.39, 0.29) is 25.5 Å². The Labute approximate surface area is 86.0 Å². The number of amides is 1. The third-order valence-corrected chi connectivity index (χ3v) is 1.44. The summed E-state index contributed by atoms with van der Waals surface area (Å²) in [6.45, 7) is -0.934. The highest BCUT2D eigenvalue weighted by Crippen LogP contribution is 2.13. The molecule has 0 saturated carbocycles. The molecule has 0 fully saturated rings. The van der Waals surface area contributed by atoms with Crippen molar-refractivity contribution in [2.75, 3.05) is 26.3 Å². The van der Waals surface area contributed by atoms with Crippen LogP contribution in [0.1, 0.15) is 12.8 Å². The maximum Gasteiger partial charge on any atom is 0.411 e. The van der Waals surface area contributed by atoms with Crippen molar-refractivity contribution in [3.63, 3.8) is 0 Å². The Morgan fingerprint density at radius 2 is 2.07 bits per heavy atom. The number of alkyl halides is 3. The fraction of sp³-hybridized carbons (Fsp3) is 0.875. The zero-order valence-corrected chi connectivity index (χ0v) is 8.27. The SMILES string of the molecule is NCCCC(=O)NCCOCC(F)(F)F. The molecule has 0 aliphatic heterocycles. The fourth-order valence-electron chi connectivity index (χ4n) is 0.802. The number of rotatable bonds is 7. The Morgan fingerprint density at radius 1 is 1.40 bits per heavy atom. The molecule has 0 aromatic heterocycles. The summed E-state index contributed by atoms with van der Waals surface area (Å²) >= 11 is 0. The fourth-order valence-corrected chi connectivity index (χ4v) is 0.802. The molecule has 0 aliphatic rings. The Hall–Kier alpha value is -0.820. The summed E-state index contributed by atoms with van der Waals surface area (Å²) in [5.41, 5.74) is 5.17. The van der Waals surface area contributed by atoms with Crippen molar-refractivity contribution in [2.24, 2.45) is 5.73 Å². The largest absolute Gasteiger partial charge is 0.411 e. The van der Waals surface area contributed by atoms with Crippen LogP contribution in [0.5, 0.6) is 0 Å². The average Bonchev–Trinajstić information content (AvgIpc) is 2.12. The standard InChI is InChI=1S/C8H15F3N2O2/c9-8(10,11)6-15-5-4-13-7(14)2-1-3-12/h1-6,12H2,(H,13,14). The molecule has 0 aromatic rings. The molecule has 0 saturated heterocycles. The summed E-state index contributed by atoms with van der Waals surface area (Å²) in [6.07, 6.45) is -3.46. The van der Waals surface area contributed by atoms with Crippen molar-refractivity contribution < 1.29 is 22.7 Å². The van der Waals surface area contributed by atoms with Crippen LogP contribution >= 0.6 is 0 Å². The second-order valence-corrected chi connectivity index (χ2v) is 2.91. The number of hydrogen-bond acceptors (Lipinski definition) is 3. The molecular formula is C8H15F3N2O2. The van der Waals surface area contributed by atoms with E-state index in [0.717, 1.165) is 0 Å². The minimum absolute atomic E-state index is 0.0828. The third-order valence-electron chi connectivity index (χ3n) is 1.44. The Kier molecular flexibility index (Phi) is 7.06. The lowest BCUT2D eigenvalue weighted by Crippen LogP contribution is -2.29. The molecule has 0 spiro atoms. The predicted octanol–water partition coefficient (Wildman–Crippen LogP) is 0.420. The van der Waals surface area contributed by atoms with E-state index in [4.69, 9.17) is 5.73 Å². The highest BCUT2D eigenvalue weighted by molar-refractivity contribution is 5.75. The molecule has 0 unspecified atom stereocenters. The van der Waals surface area contributed by atoms with Gasteiger partial charge in [0, 0.05) is 13.0 Å².